The molecule has 0 radical (unpaired) electrons. The number of nitrogens with one attached hydrogen (secondary N) is 1. The standard InChI is InChI=1S/C20H15N5O3S/c26-18(21-14-6-7-15-16(10-14)28-12-27-15)11-29-19-9-8-17-22-23-20(25(17)24-19)13-4-2-1-3-5-13/h1-10H,11-12H2,(H,21,26). The second-order valence-corrected chi connectivity index (χ2v) is 7.23. The molecule has 1 aliphatic rings. The van der Waals surface area contributed by atoms with Gasteiger partial charge in [0.15, 0.2) is 23.0 Å². The third kappa shape index (κ3) is 3.59. The Hall–Kier alpha value is -3.59. The van der Waals surface area contributed by atoms with Gasteiger partial charge in [-0.1, -0.05) is 42.1 Å². The Morgan fingerprint density at radius 3 is 2.79 bits per heavy atom. The zero-order chi connectivity index (χ0) is 19.6. The molecule has 1 amide bonds. The maximum absolute atomic E-state index is 12.3. The number of benzene rings is 2. The fourth-order valence-electron chi connectivity index (χ4n) is 2.93. The molecule has 9 heteroatoms. The minimum Gasteiger partial charge on any atom is -0.454 e. The van der Waals surface area contributed by atoms with Gasteiger partial charge in [0.25, 0.3) is 0 Å². The van der Waals surface area contributed by atoms with Crippen LogP contribution in [-0.4, -0.2) is 38.3 Å². The lowest BCUT2D eigenvalue weighted by Crippen LogP contribution is -2.14. The highest BCUT2D eigenvalue weighted by atomic mass is 32.2. The van der Waals surface area contributed by atoms with Crippen LogP contribution in [0.25, 0.3) is 17.0 Å². The molecular weight excluding hydrogens is 390 g/mol. The average Bonchev–Trinajstić information content (AvgIpc) is 3.39. The summed E-state index contributed by atoms with van der Waals surface area (Å²) >= 11 is 1.34. The Balaban J connectivity index is 1.28. The highest BCUT2D eigenvalue weighted by Crippen LogP contribution is 2.34. The Labute approximate surface area is 169 Å². The average molecular weight is 405 g/mol. The molecule has 0 fully saturated rings. The number of ether oxygens (including phenoxy) is 2. The van der Waals surface area contributed by atoms with Gasteiger partial charge in [-0.15, -0.1) is 10.2 Å². The van der Waals surface area contributed by atoms with Crippen molar-refractivity contribution < 1.29 is 14.3 Å². The minimum absolute atomic E-state index is 0.136. The van der Waals surface area contributed by atoms with Gasteiger partial charge in [0.05, 0.1) is 5.75 Å². The van der Waals surface area contributed by atoms with Crippen LogP contribution in [0.1, 0.15) is 0 Å². The van der Waals surface area contributed by atoms with E-state index in [1.54, 1.807) is 22.7 Å². The van der Waals surface area contributed by atoms with Gasteiger partial charge in [0, 0.05) is 17.3 Å². The Morgan fingerprint density at radius 1 is 1.03 bits per heavy atom. The minimum atomic E-state index is -0.136. The maximum atomic E-state index is 12.3. The van der Waals surface area contributed by atoms with Gasteiger partial charge >= 0.3 is 0 Å². The maximum Gasteiger partial charge on any atom is 0.234 e. The highest BCUT2D eigenvalue weighted by molar-refractivity contribution is 7.99. The van der Waals surface area contributed by atoms with Gasteiger partial charge in [-0.25, -0.2) is 0 Å². The number of anilines is 1. The second kappa shape index (κ2) is 7.44. The normalized spacial score (nSPS) is 12.3. The van der Waals surface area contributed by atoms with Crippen molar-refractivity contribution >= 4 is 29.0 Å². The molecule has 29 heavy (non-hydrogen) atoms. The zero-order valence-electron chi connectivity index (χ0n) is 15.1. The van der Waals surface area contributed by atoms with Crippen molar-refractivity contribution in [2.75, 3.05) is 17.9 Å². The third-order valence-corrected chi connectivity index (χ3v) is 5.20. The monoisotopic (exact) mass is 405 g/mol. The van der Waals surface area contributed by atoms with E-state index in [2.05, 4.69) is 20.6 Å². The fourth-order valence-corrected chi connectivity index (χ4v) is 3.58. The van der Waals surface area contributed by atoms with E-state index in [4.69, 9.17) is 9.47 Å². The molecule has 3 heterocycles. The van der Waals surface area contributed by atoms with E-state index in [1.807, 2.05) is 42.5 Å². The molecule has 5 rings (SSSR count). The lowest BCUT2D eigenvalue weighted by atomic mass is 10.2. The lowest BCUT2D eigenvalue weighted by Gasteiger charge is -2.06. The van der Waals surface area contributed by atoms with Crippen molar-refractivity contribution in [3.05, 3.63) is 60.7 Å². The summed E-state index contributed by atoms with van der Waals surface area (Å²) < 4.78 is 12.3. The molecule has 2 aromatic heterocycles. The molecule has 1 aliphatic heterocycles. The summed E-state index contributed by atoms with van der Waals surface area (Å²) in [5.74, 6) is 2.05. The molecule has 0 saturated carbocycles. The number of hydrogen-bond donors (Lipinski definition) is 1. The van der Waals surface area contributed by atoms with E-state index in [-0.39, 0.29) is 18.5 Å². The first kappa shape index (κ1) is 17.5. The molecular formula is C20H15N5O3S. The smallest absolute Gasteiger partial charge is 0.234 e. The molecule has 0 spiro atoms. The predicted octanol–water partition coefficient (Wildman–Crippen LogP) is 3.25. The first-order valence-electron chi connectivity index (χ1n) is 8.86. The summed E-state index contributed by atoms with van der Waals surface area (Å²) in [7, 11) is 0. The molecule has 0 saturated heterocycles. The number of carbonyl (C=O) groups is 1. The quantitative estimate of drug-likeness (QED) is 0.510. The number of aromatic nitrogens is 4. The second-order valence-electron chi connectivity index (χ2n) is 6.24. The van der Waals surface area contributed by atoms with Crippen LogP contribution in [-0.2, 0) is 4.79 Å². The van der Waals surface area contributed by atoms with Gasteiger partial charge in [-0.3, -0.25) is 4.79 Å². The van der Waals surface area contributed by atoms with E-state index >= 15 is 0 Å². The number of rotatable bonds is 5. The predicted molar refractivity (Wildman–Crippen MR) is 108 cm³/mol. The van der Waals surface area contributed by atoms with Crippen molar-refractivity contribution in [2.24, 2.45) is 0 Å². The zero-order valence-corrected chi connectivity index (χ0v) is 15.9. The van der Waals surface area contributed by atoms with E-state index in [0.29, 0.717) is 33.7 Å². The summed E-state index contributed by atoms with van der Waals surface area (Å²) in [6.07, 6.45) is 0. The number of amides is 1. The summed E-state index contributed by atoms with van der Waals surface area (Å²) in [5.41, 5.74) is 2.24. The third-order valence-electron chi connectivity index (χ3n) is 4.28. The SMILES string of the molecule is O=C(CSc1ccc2nnc(-c3ccccc3)n2n1)Nc1ccc2c(c1)OCO2. The Kier molecular flexibility index (Phi) is 4.49. The van der Waals surface area contributed by atoms with Crippen LogP contribution >= 0.6 is 11.8 Å². The first-order chi connectivity index (χ1) is 14.3. The number of fused-ring (bicyclic) bond motifs is 2. The van der Waals surface area contributed by atoms with Crippen LogP contribution < -0.4 is 14.8 Å². The Bertz CT molecular complexity index is 1200. The molecule has 0 aliphatic carbocycles. The number of carbonyl (C=O) groups excluding carboxylic acids is 1. The molecule has 2 aromatic carbocycles. The van der Waals surface area contributed by atoms with Crippen LogP contribution in [0.2, 0.25) is 0 Å². The van der Waals surface area contributed by atoms with Crippen LogP contribution in [0.5, 0.6) is 11.5 Å². The van der Waals surface area contributed by atoms with Gasteiger partial charge in [-0.2, -0.15) is 9.61 Å². The van der Waals surface area contributed by atoms with Gasteiger partial charge in [0.2, 0.25) is 12.7 Å². The van der Waals surface area contributed by atoms with Gasteiger partial charge in [0.1, 0.15) is 5.03 Å². The van der Waals surface area contributed by atoms with Gasteiger partial charge < -0.3 is 14.8 Å². The molecule has 0 unspecified atom stereocenters. The fraction of sp³-hybridized carbons (Fsp3) is 0.100. The number of thioether (sulfide) groups is 1. The molecule has 8 nitrogen and oxygen atoms in total. The molecule has 1 N–H and O–H groups in total. The van der Waals surface area contributed by atoms with Crippen molar-refractivity contribution in [1.29, 1.82) is 0 Å². The first-order valence-corrected chi connectivity index (χ1v) is 9.85. The summed E-state index contributed by atoms with van der Waals surface area (Å²) in [5, 5.41) is 16.5. The van der Waals surface area contributed by atoms with E-state index in [0.717, 1.165) is 5.56 Å². The van der Waals surface area contributed by atoms with E-state index < -0.39 is 0 Å². The number of hydrogen-bond acceptors (Lipinski definition) is 7. The molecule has 0 atom stereocenters. The van der Waals surface area contributed by atoms with Crippen LogP contribution in [0, 0.1) is 0 Å². The lowest BCUT2D eigenvalue weighted by molar-refractivity contribution is -0.113. The largest absolute Gasteiger partial charge is 0.454 e. The summed E-state index contributed by atoms with van der Waals surface area (Å²) in [4.78, 5) is 12.3. The van der Waals surface area contributed by atoms with Crippen molar-refractivity contribution in [2.45, 2.75) is 5.03 Å². The van der Waals surface area contributed by atoms with Crippen molar-refractivity contribution in [1.82, 2.24) is 19.8 Å². The summed E-state index contributed by atoms with van der Waals surface area (Å²) in [6, 6.07) is 18.7. The topological polar surface area (TPSA) is 90.6 Å². The summed E-state index contributed by atoms with van der Waals surface area (Å²) in [6.45, 7) is 0.199. The van der Waals surface area contributed by atoms with Crippen molar-refractivity contribution in [3.63, 3.8) is 0 Å². The number of nitrogens with zero attached hydrogens (tertiary/aromatic N) is 4. The molecule has 4 aromatic rings. The molecule has 144 valence electrons. The van der Waals surface area contributed by atoms with E-state index in [9.17, 15) is 4.79 Å². The molecule has 0 bridgehead atoms. The highest BCUT2D eigenvalue weighted by Gasteiger charge is 2.15. The van der Waals surface area contributed by atoms with Crippen molar-refractivity contribution in [3.8, 4) is 22.9 Å². The van der Waals surface area contributed by atoms with Crippen LogP contribution in [0.3, 0.4) is 0 Å². The van der Waals surface area contributed by atoms with Crippen LogP contribution in [0.4, 0.5) is 5.69 Å². The van der Waals surface area contributed by atoms with E-state index in [1.165, 1.54) is 11.8 Å². The van der Waals surface area contributed by atoms with Gasteiger partial charge in [-0.05, 0) is 24.3 Å². The Morgan fingerprint density at radius 2 is 1.90 bits per heavy atom. The van der Waals surface area contributed by atoms with Crippen LogP contribution in [0.15, 0.2) is 65.7 Å².